The summed E-state index contributed by atoms with van der Waals surface area (Å²) in [6, 6.07) is 17.7. The summed E-state index contributed by atoms with van der Waals surface area (Å²) in [5.41, 5.74) is 2.69. The molecule has 1 heterocycles. The molecule has 1 aliphatic heterocycles. The Bertz CT molecular complexity index is 952. The molecule has 4 nitrogen and oxygen atoms in total. The van der Waals surface area contributed by atoms with Crippen molar-refractivity contribution in [2.24, 2.45) is 0 Å². The molecule has 2 aromatic carbocycles. The second-order valence-electron chi connectivity index (χ2n) is 6.38. The number of thioether (sulfide) groups is 1. The summed E-state index contributed by atoms with van der Waals surface area (Å²) in [4.78, 5) is 26.2. The zero-order valence-electron chi connectivity index (χ0n) is 15.2. The van der Waals surface area contributed by atoms with Gasteiger partial charge in [-0.1, -0.05) is 90.7 Å². The third kappa shape index (κ3) is 4.77. The SMILES string of the molecule is CC(/C=C1\SC(=S)N([C@H](Cc2ccccc2)C(=O)[O-])C1=O)=C\c1ccccc1. The Hall–Kier alpha value is -2.70. The highest BCUT2D eigenvalue weighted by molar-refractivity contribution is 8.26. The minimum absolute atomic E-state index is 0.141. The van der Waals surface area contributed by atoms with Crippen LogP contribution < -0.4 is 5.11 Å². The third-order valence-corrected chi connectivity index (χ3v) is 5.56. The summed E-state index contributed by atoms with van der Waals surface area (Å²) in [6.07, 6.45) is 3.83. The molecule has 1 fully saturated rings. The standard InChI is InChI=1S/C22H19NO3S2/c1-15(12-16-8-4-2-5-9-16)13-19-20(24)23(22(27)28-19)18(21(25)26)14-17-10-6-3-7-11-17/h2-13,18H,14H2,1H3,(H,25,26)/p-1/b15-12+,19-13-/t18-/m1/s1. The number of benzene rings is 2. The number of amides is 1. The first kappa shape index (κ1) is 20.0. The molecule has 2 aromatic rings. The lowest BCUT2D eigenvalue weighted by atomic mass is 10.0. The molecular weight excluding hydrogens is 390 g/mol. The Morgan fingerprint density at radius 1 is 1.14 bits per heavy atom. The van der Waals surface area contributed by atoms with Gasteiger partial charge >= 0.3 is 0 Å². The molecule has 6 heteroatoms. The summed E-state index contributed by atoms with van der Waals surface area (Å²) in [7, 11) is 0. The highest BCUT2D eigenvalue weighted by Crippen LogP contribution is 2.34. The summed E-state index contributed by atoms with van der Waals surface area (Å²) >= 11 is 6.42. The number of carbonyl (C=O) groups excluding carboxylic acids is 2. The highest BCUT2D eigenvalue weighted by Gasteiger charge is 2.37. The number of thiocarbonyl (C=S) groups is 1. The van der Waals surface area contributed by atoms with Crippen molar-refractivity contribution >= 4 is 46.3 Å². The van der Waals surface area contributed by atoms with E-state index in [9.17, 15) is 14.7 Å². The first-order valence-electron chi connectivity index (χ1n) is 8.71. The van der Waals surface area contributed by atoms with E-state index in [-0.39, 0.29) is 10.7 Å². The van der Waals surface area contributed by atoms with Crippen LogP contribution >= 0.6 is 24.0 Å². The zero-order chi connectivity index (χ0) is 20.1. The Balaban J connectivity index is 1.83. The van der Waals surface area contributed by atoms with Crippen molar-refractivity contribution in [3.05, 3.63) is 88.3 Å². The Morgan fingerprint density at radius 3 is 2.36 bits per heavy atom. The van der Waals surface area contributed by atoms with Crippen LogP contribution in [0.3, 0.4) is 0 Å². The average Bonchev–Trinajstić information content (AvgIpc) is 2.94. The second-order valence-corrected chi connectivity index (χ2v) is 8.05. The van der Waals surface area contributed by atoms with Crippen LogP contribution in [0.15, 0.2) is 77.2 Å². The van der Waals surface area contributed by atoms with E-state index in [1.165, 1.54) is 0 Å². The van der Waals surface area contributed by atoms with E-state index in [0.717, 1.165) is 33.4 Å². The summed E-state index contributed by atoms with van der Waals surface area (Å²) in [5, 5.41) is 11.7. The van der Waals surface area contributed by atoms with Gasteiger partial charge in [0.05, 0.1) is 16.9 Å². The summed E-state index contributed by atoms with van der Waals surface area (Å²) in [5.74, 6) is -1.72. The number of hydrogen-bond donors (Lipinski definition) is 0. The molecule has 142 valence electrons. The number of aliphatic carboxylic acids is 1. The van der Waals surface area contributed by atoms with Crippen molar-refractivity contribution in [3.8, 4) is 0 Å². The normalized spacial score (nSPS) is 17.2. The molecule has 0 aromatic heterocycles. The third-order valence-electron chi connectivity index (χ3n) is 4.23. The Labute approximate surface area is 173 Å². The van der Waals surface area contributed by atoms with Gasteiger partial charge in [0.25, 0.3) is 5.91 Å². The molecule has 0 saturated carbocycles. The molecule has 1 aliphatic rings. The van der Waals surface area contributed by atoms with Gasteiger partial charge in [-0.2, -0.15) is 0 Å². The number of hydrogen-bond acceptors (Lipinski definition) is 5. The van der Waals surface area contributed by atoms with Crippen molar-refractivity contribution < 1.29 is 14.7 Å². The fraction of sp³-hybridized carbons (Fsp3) is 0.136. The van der Waals surface area contributed by atoms with E-state index in [0.29, 0.717) is 4.91 Å². The Kier molecular flexibility index (Phi) is 6.44. The largest absolute Gasteiger partial charge is 0.548 e. The van der Waals surface area contributed by atoms with Gasteiger partial charge in [-0.05, 0) is 36.1 Å². The maximum Gasteiger partial charge on any atom is 0.266 e. The van der Waals surface area contributed by atoms with E-state index in [1.807, 2.05) is 73.7 Å². The number of carboxylic acid groups (broad SMARTS) is 1. The summed E-state index contributed by atoms with van der Waals surface area (Å²) < 4.78 is 0.230. The van der Waals surface area contributed by atoms with Crippen molar-refractivity contribution in [3.63, 3.8) is 0 Å². The quantitative estimate of drug-likeness (QED) is 0.543. The average molecular weight is 409 g/mol. The lowest BCUT2D eigenvalue weighted by molar-refractivity contribution is -0.310. The van der Waals surface area contributed by atoms with Crippen molar-refractivity contribution in [2.75, 3.05) is 0 Å². The predicted molar refractivity (Wildman–Crippen MR) is 114 cm³/mol. The van der Waals surface area contributed by atoms with Gasteiger partial charge in [-0.15, -0.1) is 0 Å². The monoisotopic (exact) mass is 408 g/mol. The molecule has 0 aliphatic carbocycles. The van der Waals surface area contributed by atoms with Gasteiger partial charge in [0, 0.05) is 0 Å². The Morgan fingerprint density at radius 2 is 1.75 bits per heavy atom. The summed E-state index contributed by atoms with van der Waals surface area (Å²) in [6.45, 7) is 1.89. The van der Waals surface area contributed by atoms with Crippen LogP contribution in [0.25, 0.3) is 6.08 Å². The van der Waals surface area contributed by atoms with Crippen molar-refractivity contribution in [2.45, 2.75) is 19.4 Å². The van der Waals surface area contributed by atoms with E-state index in [1.54, 1.807) is 6.08 Å². The number of nitrogens with zero attached hydrogens (tertiary/aromatic N) is 1. The maximum atomic E-state index is 12.9. The van der Waals surface area contributed by atoms with E-state index in [4.69, 9.17) is 12.2 Å². The van der Waals surface area contributed by atoms with Crippen molar-refractivity contribution in [1.29, 1.82) is 0 Å². The van der Waals surface area contributed by atoms with Crippen LogP contribution in [-0.2, 0) is 16.0 Å². The topological polar surface area (TPSA) is 60.4 Å². The van der Waals surface area contributed by atoms with Crippen LogP contribution in [0.4, 0.5) is 0 Å². The van der Waals surface area contributed by atoms with Gasteiger partial charge in [-0.25, -0.2) is 0 Å². The van der Waals surface area contributed by atoms with E-state index < -0.39 is 17.9 Å². The first-order chi connectivity index (χ1) is 13.5. The molecule has 0 bridgehead atoms. The number of rotatable bonds is 6. The lowest BCUT2D eigenvalue weighted by Crippen LogP contribution is -2.51. The second kappa shape index (κ2) is 8.99. The molecule has 0 radical (unpaired) electrons. The van der Waals surface area contributed by atoms with Crippen LogP contribution in [0, 0.1) is 0 Å². The number of allylic oxidation sites excluding steroid dienone is 2. The number of carboxylic acids is 1. The fourth-order valence-corrected chi connectivity index (χ4v) is 4.33. The molecule has 3 rings (SSSR count). The molecule has 0 spiro atoms. The lowest BCUT2D eigenvalue weighted by Gasteiger charge is -2.27. The van der Waals surface area contributed by atoms with Gasteiger partial charge in [0.15, 0.2) is 0 Å². The molecule has 0 unspecified atom stereocenters. The van der Waals surface area contributed by atoms with Crippen LogP contribution in [-0.4, -0.2) is 27.1 Å². The van der Waals surface area contributed by atoms with Crippen LogP contribution in [0.5, 0.6) is 0 Å². The fourth-order valence-electron chi connectivity index (χ4n) is 2.93. The van der Waals surface area contributed by atoms with Crippen LogP contribution in [0.1, 0.15) is 18.1 Å². The smallest absolute Gasteiger partial charge is 0.266 e. The predicted octanol–water partition coefficient (Wildman–Crippen LogP) is 3.20. The molecule has 1 saturated heterocycles. The van der Waals surface area contributed by atoms with E-state index >= 15 is 0 Å². The molecule has 1 amide bonds. The number of carbonyl (C=O) groups is 2. The van der Waals surface area contributed by atoms with Crippen LogP contribution in [0.2, 0.25) is 0 Å². The van der Waals surface area contributed by atoms with Gasteiger partial charge in [-0.3, -0.25) is 9.69 Å². The molecule has 1 atom stereocenters. The minimum Gasteiger partial charge on any atom is -0.548 e. The van der Waals surface area contributed by atoms with Gasteiger partial charge in [0.2, 0.25) is 0 Å². The van der Waals surface area contributed by atoms with Gasteiger partial charge < -0.3 is 9.90 Å². The van der Waals surface area contributed by atoms with Crippen molar-refractivity contribution in [1.82, 2.24) is 4.90 Å². The minimum atomic E-state index is -1.32. The van der Waals surface area contributed by atoms with Gasteiger partial charge in [0.1, 0.15) is 4.32 Å². The highest BCUT2D eigenvalue weighted by atomic mass is 32.2. The van der Waals surface area contributed by atoms with E-state index in [2.05, 4.69) is 0 Å². The molecule has 28 heavy (non-hydrogen) atoms. The zero-order valence-corrected chi connectivity index (χ0v) is 16.8. The maximum absolute atomic E-state index is 12.9. The molecular formula is C22H18NO3S2-. The first-order valence-corrected chi connectivity index (χ1v) is 9.93. The molecule has 0 N–H and O–H groups in total.